The van der Waals surface area contributed by atoms with Crippen LogP contribution in [0.3, 0.4) is 0 Å². The molecule has 1 saturated heterocycles. The van der Waals surface area contributed by atoms with Crippen molar-refractivity contribution in [1.82, 2.24) is 15.5 Å². The number of nitrogens with zero attached hydrogens (tertiary/aromatic N) is 2. The van der Waals surface area contributed by atoms with Crippen LogP contribution in [0.2, 0.25) is 0 Å². The Balaban J connectivity index is 1.84. The number of rotatable bonds is 3. The average Bonchev–Trinajstić information content (AvgIpc) is 2.98. The Morgan fingerprint density at radius 3 is 2.75 bits per heavy atom. The maximum absolute atomic E-state index is 5.25. The van der Waals surface area contributed by atoms with Gasteiger partial charge in [0.25, 0.3) is 0 Å². The molecule has 2 aromatic rings. The Morgan fingerprint density at radius 1 is 1.25 bits per heavy atom. The van der Waals surface area contributed by atoms with Crippen LogP contribution in [0, 0.1) is 0 Å². The summed E-state index contributed by atoms with van der Waals surface area (Å²) in [5, 5.41) is 10.9. The second-order valence-electron chi connectivity index (χ2n) is 4.73. The van der Waals surface area contributed by atoms with Crippen molar-refractivity contribution in [3.63, 3.8) is 0 Å². The van der Waals surface area contributed by atoms with E-state index in [0.29, 0.717) is 0 Å². The molecule has 2 N–H and O–H groups in total. The molecule has 2 heterocycles. The Bertz CT molecular complexity index is 593. The lowest BCUT2D eigenvalue weighted by Crippen LogP contribution is -2.43. The quantitative estimate of drug-likeness (QED) is 0.902. The largest absolute Gasteiger partial charge is 0.496 e. The zero-order valence-corrected chi connectivity index (χ0v) is 12.9. The van der Waals surface area contributed by atoms with Crippen LogP contribution >= 0.6 is 15.9 Å². The number of methoxy groups -OCH3 is 1. The van der Waals surface area contributed by atoms with Crippen LogP contribution in [0.4, 0.5) is 5.82 Å². The zero-order valence-electron chi connectivity index (χ0n) is 11.3. The number of nitrogens with one attached hydrogen (secondary N) is 2. The molecular weight excluding hydrogens is 320 g/mol. The van der Waals surface area contributed by atoms with Crippen LogP contribution in [-0.4, -0.2) is 43.5 Å². The maximum atomic E-state index is 5.25. The molecule has 0 unspecified atom stereocenters. The summed E-state index contributed by atoms with van der Waals surface area (Å²) in [7, 11) is 1.67. The highest BCUT2D eigenvalue weighted by Crippen LogP contribution is 2.30. The number of aromatic nitrogens is 2. The first-order valence-corrected chi connectivity index (χ1v) is 7.42. The SMILES string of the molecule is COc1ccc(-c2cc(N3CCNCC3)n[nH]2)cc1Br. The van der Waals surface area contributed by atoms with Gasteiger partial charge in [-0.15, -0.1) is 0 Å². The molecule has 0 saturated carbocycles. The molecule has 1 fully saturated rings. The topological polar surface area (TPSA) is 53.2 Å². The molecule has 3 rings (SSSR count). The van der Waals surface area contributed by atoms with Crippen LogP contribution in [0.5, 0.6) is 5.75 Å². The van der Waals surface area contributed by atoms with E-state index in [-0.39, 0.29) is 0 Å². The van der Waals surface area contributed by atoms with Gasteiger partial charge in [0.1, 0.15) is 5.75 Å². The monoisotopic (exact) mass is 336 g/mol. The highest BCUT2D eigenvalue weighted by Gasteiger charge is 2.14. The molecular formula is C14H17BrN4O. The lowest BCUT2D eigenvalue weighted by Gasteiger charge is -2.26. The number of anilines is 1. The second kappa shape index (κ2) is 5.85. The zero-order chi connectivity index (χ0) is 13.9. The van der Waals surface area contributed by atoms with E-state index in [4.69, 9.17) is 4.74 Å². The molecule has 0 amide bonds. The number of halogens is 1. The van der Waals surface area contributed by atoms with E-state index in [0.717, 1.165) is 53.5 Å². The van der Waals surface area contributed by atoms with Gasteiger partial charge in [0, 0.05) is 37.8 Å². The molecule has 6 heteroatoms. The molecule has 0 bridgehead atoms. The van der Waals surface area contributed by atoms with E-state index >= 15 is 0 Å². The van der Waals surface area contributed by atoms with E-state index in [1.165, 1.54) is 0 Å². The minimum atomic E-state index is 0.829. The molecule has 1 aromatic carbocycles. The number of piperazine rings is 1. The first kappa shape index (κ1) is 13.5. The molecule has 20 heavy (non-hydrogen) atoms. The minimum absolute atomic E-state index is 0.829. The van der Waals surface area contributed by atoms with Gasteiger partial charge in [-0.2, -0.15) is 5.10 Å². The van der Waals surface area contributed by atoms with Crippen molar-refractivity contribution in [2.45, 2.75) is 0 Å². The molecule has 5 nitrogen and oxygen atoms in total. The van der Waals surface area contributed by atoms with E-state index < -0.39 is 0 Å². The maximum Gasteiger partial charge on any atom is 0.151 e. The summed E-state index contributed by atoms with van der Waals surface area (Å²) < 4.78 is 6.19. The Morgan fingerprint density at radius 2 is 2.05 bits per heavy atom. The predicted molar refractivity (Wildman–Crippen MR) is 83.4 cm³/mol. The molecule has 1 aliphatic heterocycles. The standard InChI is InChI=1S/C14H17BrN4O/c1-20-13-3-2-10(8-11(13)15)12-9-14(18-17-12)19-6-4-16-5-7-19/h2-3,8-9,16H,4-7H2,1H3,(H,17,18). The van der Waals surface area contributed by atoms with Gasteiger partial charge in [0.2, 0.25) is 0 Å². The number of hydrogen-bond acceptors (Lipinski definition) is 4. The fraction of sp³-hybridized carbons (Fsp3) is 0.357. The molecule has 1 aromatic heterocycles. The van der Waals surface area contributed by atoms with Gasteiger partial charge < -0.3 is 15.0 Å². The number of benzene rings is 1. The first-order chi connectivity index (χ1) is 9.78. The van der Waals surface area contributed by atoms with Crippen molar-refractivity contribution in [2.75, 3.05) is 38.2 Å². The van der Waals surface area contributed by atoms with Gasteiger partial charge in [-0.25, -0.2) is 0 Å². The van der Waals surface area contributed by atoms with Crippen molar-refractivity contribution in [1.29, 1.82) is 0 Å². The smallest absolute Gasteiger partial charge is 0.151 e. The molecule has 1 aliphatic rings. The summed E-state index contributed by atoms with van der Waals surface area (Å²) in [5.74, 6) is 1.84. The predicted octanol–water partition coefficient (Wildman–Crippen LogP) is 2.26. The molecule has 0 aliphatic carbocycles. The second-order valence-corrected chi connectivity index (χ2v) is 5.58. The fourth-order valence-corrected chi connectivity index (χ4v) is 2.89. The van der Waals surface area contributed by atoms with Crippen molar-refractivity contribution >= 4 is 21.7 Å². The Labute approximate surface area is 126 Å². The third-order valence-corrected chi connectivity index (χ3v) is 4.09. The lowest BCUT2D eigenvalue weighted by molar-refractivity contribution is 0.412. The van der Waals surface area contributed by atoms with Gasteiger partial charge in [-0.3, -0.25) is 5.10 Å². The van der Waals surface area contributed by atoms with Gasteiger partial charge in [0.05, 0.1) is 17.3 Å². The van der Waals surface area contributed by atoms with Crippen molar-refractivity contribution < 1.29 is 4.74 Å². The molecule has 0 spiro atoms. The van der Waals surface area contributed by atoms with Gasteiger partial charge in [-0.1, -0.05) is 0 Å². The third-order valence-electron chi connectivity index (χ3n) is 3.47. The third kappa shape index (κ3) is 2.66. The van der Waals surface area contributed by atoms with Crippen LogP contribution in [0.25, 0.3) is 11.3 Å². The molecule has 106 valence electrons. The van der Waals surface area contributed by atoms with E-state index in [2.05, 4.69) is 42.4 Å². The normalized spacial score (nSPS) is 15.4. The van der Waals surface area contributed by atoms with E-state index in [9.17, 15) is 0 Å². The number of hydrogen-bond donors (Lipinski definition) is 2. The van der Waals surface area contributed by atoms with Crippen LogP contribution in [-0.2, 0) is 0 Å². The van der Waals surface area contributed by atoms with Crippen LogP contribution in [0.1, 0.15) is 0 Å². The summed E-state index contributed by atoms with van der Waals surface area (Å²) >= 11 is 3.51. The summed E-state index contributed by atoms with van der Waals surface area (Å²) in [4.78, 5) is 2.29. The summed E-state index contributed by atoms with van der Waals surface area (Å²) in [6.07, 6.45) is 0. The lowest BCUT2D eigenvalue weighted by atomic mass is 10.1. The van der Waals surface area contributed by atoms with Crippen molar-refractivity contribution in [2.24, 2.45) is 0 Å². The van der Waals surface area contributed by atoms with Gasteiger partial charge >= 0.3 is 0 Å². The van der Waals surface area contributed by atoms with Crippen molar-refractivity contribution in [3.05, 3.63) is 28.7 Å². The number of aromatic amines is 1. The summed E-state index contributed by atoms with van der Waals surface area (Å²) in [5.41, 5.74) is 2.11. The Kier molecular flexibility index (Phi) is 3.93. The number of H-pyrrole nitrogens is 1. The summed E-state index contributed by atoms with van der Waals surface area (Å²) in [6.45, 7) is 4.01. The number of ether oxygens (including phenoxy) is 1. The van der Waals surface area contributed by atoms with E-state index in [1.54, 1.807) is 7.11 Å². The summed E-state index contributed by atoms with van der Waals surface area (Å²) in [6, 6.07) is 8.11. The average molecular weight is 337 g/mol. The van der Waals surface area contributed by atoms with E-state index in [1.807, 2.05) is 18.2 Å². The fourth-order valence-electron chi connectivity index (χ4n) is 2.35. The molecule has 0 radical (unpaired) electrons. The van der Waals surface area contributed by atoms with Crippen LogP contribution in [0.15, 0.2) is 28.7 Å². The Hall–Kier alpha value is -1.53. The highest BCUT2D eigenvalue weighted by molar-refractivity contribution is 9.10. The van der Waals surface area contributed by atoms with Gasteiger partial charge in [0.15, 0.2) is 5.82 Å². The van der Waals surface area contributed by atoms with Crippen molar-refractivity contribution in [3.8, 4) is 17.0 Å². The first-order valence-electron chi connectivity index (χ1n) is 6.63. The van der Waals surface area contributed by atoms with Gasteiger partial charge in [-0.05, 0) is 34.1 Å². The minimum Gasteiger partial charge on any atom is -0.496 e. The van der Waals surface area contributed by atoms with Crippen LogP contribution < -0.4 is 15.0 Å². The highest BCUT2D eigenvalue weighted by atomic mass is 79.9. The molecule has 0 atom stereocenters.